The van der Waals surface area contributed by atoms with Crippen LogP contribution in [0.2, 0.25) is 0 Å². The van der Waals surface area contributed by atoms with Gasteiger partial charge in [-0.25, -0.2) is 4.98 Å². The van der Waals surface area contributed by atoms with Gasteiger partial charge in [0, 0.05) is 24.9 Å². The Morgan fingerprint density at radius 1 is 1.69 bits per heavy atom. The number of aromatic nitrogens is 2. The number of nitrogens with zero attached hydrogens (tertiary/aromatic N) is 2. The van der Waals surface area contributed by atoms with Gasteiger partial charge in [0.2, 0.25) is 5.91 Å². The minimum atomic E-state index is -2.65. The maximum atomic E-state index is 12.4. The Morgan fingerprint density at radius 3 is 2.94 bits per heavy atom. The smallest absolute Gasteiger partial charge is 0.319 e. The lowest BCUT2D eigenvalue weighted by Gasteiger charge is -2.10. The van der Waals surface area contributed by atoms with Gasteiger partial charge in [0.05, 0.1) is 6.54 Å². The van der Waals surface area contributed by atoms with E-state index in [1.165, 1.54) is 12.4 Å². The summed E-state index contributed by atoms with van der Waals surface area (Å²) < 4.78 is 25.5. The quantitative estimate of drug-likeness (QED) is 0.776. The van der Waals surface area contributed by atoms with Crippen LogP contribution in [0.25, 0.3) is 0 Å². The molecule has 1 aromatic rings. The van der Waals surface area contributed by atoms with E-state index < -0.39 is 6.55 Å². The van der Waals surface area contributed by atoms with Crippen molar-refractivity contribution in [1.82, 2.24) is 14.9 Å². The minimum absolute atomic E-state index is 0.0273. The van der Waals surface area contributed by atoms with E-state index in [1.807, 2.05) is 0 Å². The average molecular weight is 232 g/mol. The molecule has 1 rings (SSSR count). The molecule has 5 nitrogen and oxygen atoms in total. The molecule has 0 fully saturated rings. The fourth-order valence-electron chi connectivity index (χ4n) is 1.11. The number of halogens is 2. The van der Waals surface area contributed by atoms with E-state index >= 15 is 0 Å². The van der Waals surface area contributed by atoms with E-state index in [4.69, 9.17) is 5.73 Å². The number of alkyl halides is 2. The third-order valence-corrected chi connectivity index (χ3v) is 2.18. The van der Waals surface area contributed by atoms with Crippen molar-refractivity contribution in [2.24, 2.45) is 11.7 Å². The molecule has 0 aliphatic rings. The highest BCUT2D eigenvalue weighted by Crippen LogP contribution is 2.11. The van der Waals surface area contributed by atoms with Gasteiger partial charge in [0.15, 0.2) is 0 Å². The number of carbonyl (C=O) groups excluding carboxylic acids is 1. The van der Waals surface area contributed by atoms with E-state index in [-0.39, 0.29) is 30.7 Å². The maximum absolute atomic E-state index is 12.4. The summed E-state index contributed by atoms with van der Waals surface area (Å²) in [6, 6.07) is 0. The van der Waals surface area contributed by atoms with Crippen LogP contribution in [0.3, 0.4) is 0 Å². The van der Waals surface area contributed by atoms with Crippen LogP contribution in [0, 0.1) is 5.92 Å². The predicted octanol–water partition coefficient (Wildman–Crippen LogP) is 0.489. The fraction of sp³-hybridized carbons (Fsp3) is 0.556. The third kappa shape index (κ3) is 2.99. The molecule has 3 N–H and O–H groups in total. The van der Waals surface area contributed by atoms with Crippen molar-refractivity contribution in [2.45, 2.75) is 20.0 Å². The van der Waals surface area contributed by atoms with E-state index in [0.29, 0.717) is 4.57 Å². The molecule has 1 atom stereocenters. The molecule has 1 unspecified atom stereocenters. The van der Waals surface area contributed by atoms with Crippen molar-refractivity contribution in [2.75, 3.05) is 6.54 Å². The molecular formula is C9H14F2N4O. The van der Waals surface area contributed by atoms with Crippen LogP contribution in [-0.2, 0) is 11.3 Å². The number of hydrogen-bond donors (Lipinski definition) is 2. The highest BCUT2D eigenvalue weighted by molar-refractivity contribution is 5.78. The summed E-state index contributed by atoms with van der Waals surface area (Å²) >= 11 is 0. The van der Waals surface area contributed by atoms with Gasteiger partial charge >= 0.3 is 6.55 Å². The molecule has 0 aromatic carbocycles. The number of carbonyl (C=O) groups is 1. The lowest BCUT2D eigenvalue weighted by Crippen LogP contribution is -2.33. The van der Waals surface area contributed by atoms with Crippen molar-refractivity contribution in [3.8, 4) is 0 Å². The molecule has 16 heavy (non-hydrogen) atoms. The SMILES string of the molecule is CC(CN)C(=O)NCc1nccn1C(F)F. The highest BCUT2D eigenvalue weighted by atomic mass is 19.3. The van der Waals surface area contributed by atoms with Crippen LogP contribution in [0.15, 0.2) is 12.4 Å². The number of nitrogens with two attached hydrogens (primary N) is 1. The van der Waals surface area contributed by atoms with Crippen molar-refractivity contribution in [3.05, 3.63) is 18.2 Å². The Hall–Kier alpha value is -1.50. The molecule has 0 bridgehead atoms. The molecule has 0 spiro atoms. The van der Waals surface area contributed by atoms with Gasteiger partial charge in [0.1, 0.15) is 5.82 Å². The van der Waals surface area contributed by atoms with Crippen LogP contribution in [0.4, 0.5) is 8.78 Å². The van der Waals surface area contributed by atoms with E-state index in [1.54, 1.807) is 6.92 Å². The second-order valence-electron chi connectivity index (χ2n) is 3.38. The van der Waals surface area contributed by atoms with Crippen molar-refractivity contribution in [3.63, 3.8) is 0 Å². The van der Waals surface area contributed by atoms with E-state index in [9.17, 15) is 13.6 Å². The lowest BCUT2D eigenvalue weighted by molar-refractivity contribution is -0.124. The van der Waals surface area contributed by atoms with Gasteiger partial charge in [-0.3, -0.25) is 9.36 Å². The molecule has 0 saturated carbocycles. The minimum Gasteiger partial charge on any atom is -0.349 e. The van der Waals surface area contributed by atoms with Crippen LogP contribution < -0.4 is 11.1 Å². The Bertz CT molecular complexity index is 353. The van der Waals surface area contributed by atoms with Gasteiger partial charge in [-0.2, -0.15) is 8.78 Å². The molecule has 0 aliphatic heterocycles. The second-order valence-corrected chi connectivity index (χ2v) is 3.38. The molecule has 7 heteroatoms. The molecule has 0 aliphatic carbocycles. The average Bonchev–Trinajstić information content (AvgIpc) is 2.72. The van der Waals surface area contributed by atoms with Crippen LogP contribution >= 0.6 is 0 Å². The van der Waals surface area contributed by atoms with Crippen LogP contribution in [0.5, 0.6) is 0 Å². The molecule has 1 heterocycles. The van der Waals surface area contributed by atoms with Crippen molar-refractivity contribution < 1.29 is 13.6 Å². The first-order valence-corrected chi connectivity index (χ1v) is 4.84. The number of amides is 1. The summed E-state index contributed by atoms with van der Waals surface area (Å²) in [6.07, 6.45) is 2.43. The fourth-order valence-corrected chi connectivity index (χ4v) is 1.11. The first-order valence-electron chi connectivity index (χ1n) is 4.84. The summed E-state index contributed by atoms with van der Waals surface area (Å²) in [5.41, 5.74) is 5.30. The number of rotatable bonds is 5. The summed E-state index contributed by atoms with van der Waals surface area (Å²) in [5.74, 6) is -0.492. The molecule has 0 saturated heterocycles. The van der Waals surface area contributed by atoms with Gasteiger partial charge in [0.25, 0.3) is 0 Å². The Labute approximate surface area is 91.6 Å². The van der Waals surface area contributed by atoms with Gasteiger partial charge in [-0.05, 0) is 0 Å². The number of imidazole rings is 1. The van der Waals surface area contributed by atoms with Gasteiger partial charge < -0.3 is 11.1 Å². The second kappa shape index (κ2) is 5.55. The summed E-state index contributed by atoms with van der Waals surface area (Å²) in [5, 5.41) is 2.50. The Morgan fingerprint density at radius 2 is 2.38 bits per heavy atom. The van der Waals surface area contributed by atoms with Crippen LogP contribution in [0.1, 0.15) is 19.3 Å². The summed E-state index contributed by atoms with van der Waals surface area (Å²) in [6.45, 7) is -0.800. The molecule has 0 radical (unpaired) electrons. The molecule has 1 amide bonds. The normalized spacial score (nSPS) is 12.8. The zero-order valence-electron chi connectivity index (χ0n) is 8.86. The monoisotopic (exact) mass is 232 g/mol. The highest BCUT2D eigenvalue weighted by Gasteiger charge is 2.14. The number of hydrogen-bond acceptors (Lipinski definition) is 3. The van der Waals surface area contributed by atoms with Crippen molar-refractivity contribution >= 4 is 5.91 Å². The van der Waals surface area contributed by atoms with E-state index in [0.717, 1.165) is 0 Å². The maximum Gasteiger partial charge on any atom is 0.319 e. The molecule has 90 valence electrons. The molecular weight excluding hydrogens is 218 g/mol. The van der Waals surface area contributed by atoms with Crippen LogP contribution in [-0.4, -0.2) is 22.0 Å². The Balaban J connectivity index is 2.54. The molecule has 1 aromatic heterocycles. The Kier molecular flexibility index (Phi) is 4.36. The first kappa shape index (κ1) is 12.6. The predicted molar refractivity (Wildman–Crippen MR) is 53.5 cm³/mol. The standard InChI is InChI=1S/C9H14F2N4O/c1-6(4-12)8(16)14-5-7-13-2-3-15(7)9(10)11/h2-3,6,9H,4-5,12H2,1H3,(H,14,16). The summed E-state index contributed by atoms with van der Waals surface area (Å²) in [7, 11) is 0. The first-order chi connectivity index (χ1) is 7.56. The van der Waals surface area contributed by atoms with Gasteiger partial charge in [-0.15, -0.1) is 0 Å². The summed E-state index contributed by atoms with van der Waals surface area (Å²) in [4.78, 5) is 15.1. The zero-order chi connectivity index (χ0) is 12.1. The topological polar surface area (TPSA) is 72.9 Å². The zero-order valence-corrected chi connectivity index (χ0v) is 8.86. The number of nitrogens with one attached hydrogen (secondary N) is 1. The lowest BCUT2D eigenvalue weighted by atomic mass is 10.2. The largest absolute Gasteiger partial charge is 0.349 e. The van der Waals surface area contributed by atoms with Gasteiger partial charge in [-0.1, -0.05) is 6.92 Å². The van der Waals surface area contributed by atoms with E-state index in [2.05, 4.69) is 10.3 Å². The third-order valence-electron chi connectivity index (χ3n) is 2.18. The van der Waals surface area contributed by atoms with Crippen molar-refractivity contribution in [1.29, 1.82) is 0 Å².